The van der Waals surface area contributed by atoms with Gasteiger partial charge in [0.15, 0.2) is 5.78 Å². The molecule has 1 aromatic rings. The van der Waals surface area contributed by atoms with Gasteiger partial charge in [0.05, 0.1) is 12.5 Å². The van der Waals surface area contributed by atoms with Crippen molar-refractivity contribution in [3.63, 3.8) is 0 Å². The van der Waals surface area contributed by atoms with Crippen LogP contribution in [0.15, 0.2) is 24.3 Å². The molecule has 0 spiro atoms. The molecule has 1 aromatic carbocycles. The standard InChI is InChI=1S/C12H14N2O4/c1-7(15)14-9-4-2-8(3-5-9)12(18)10(13)6-11(16)17/h2-5,10H,6,13H2,1H3,(H,14,15)(H,16,17). The molecule has 96 valence electrons. The number of carbonyl (C=O) groups is 3. The van der Waals surface area contributed by atoms with Crippen LogP contribution < -0.4 is 11.1 Å². The van der Waals surface area contributed by atoms with Crippen molar-refractivity contribution < 1.29 is 19.5 Å². The maximum atomic E-state index is 11.7. The third-order valence-corrected chi connectivity index (χ3v) is 2.22. The molecule has 0 saturated heterocycles. The average molecular weight is 250 g/mol. The minimum atomic E-state index is -1.12. The van der Waals surface area contributed by atoms with E-state index in [0.717, 1.165) is 0 Å². The molecular weight excluding hydrogens is 236 g/mol. The second-order valence-electron chi connectivity index (χ2n) is 3.83. The van der Waals surface area contributed by atoms with Crippen molar-refractivity contribution in [2.45, 2.75) is 19.4 Å². The van der Waals surface area contributed by atoms with Gasteiger partial charge in [0.25, 0.3) is 0 Å². The Labute approximate surface area is 104 Å². The first-order valence-electron chi connectivity index (χ1n) is 5.29. The molecule has 6 nitrogen and oxygen atoms in total. The summed E-state index contributed by atoms with van der Waals surface area (Å²) >= 11 is 0. The number of nitrogens with one attached hydrogen (secondary N) is 1. The van der Waals surface area contributed by atoms with Crippen LogP contribution in [0.1, 0.15) is 23.7 Å². The third kappa shape index (κ3) is 3.99. The van der Waals surface area contributed by atoms with Gasteiger partial charge < -0.3 is 16.2 Å². The van der Waals surface area contributed by atoms with E-state index in [0.29, 0.717) is 11.3 Å². The number of benzene rings is 1. The lowest BCUT2D eigenvalue weighted by Crippen LogP contribution is -2.32. The number of hydrogen-bond donors (Lipinski definition) is 3. The molecule has 1 amide bonds. The van der Waals surface area contributed by atoms with E-state index in [9.17, 15) is 14.4 Å². The number of Topliss-reactive ketones (excluding diaryl/α,β-unsaturated/α-hetero) is 1. The number of ketones is 1. The molecule has 1 rings (SSSR count). The van der Waals surface area contributed by atoms with Gasteiger partial charge in [-0.05, 0) is 24.3 Å². The molecule has 4 N–H and O–H groups in total. The molecule has 0 fully saturated rings. The topological polar surface area (TPSA) is 109 Å². The van der Waals surface area contributed by atoms with Crippen LogP contribution in [0, 0.1) is 0 Å². The monoisotopic (exact) mass is 250 g/mol. The normalized spacial score (nSPS) is 11.7. The van der Waals surface area contributed by atoms with Gasteiger partial charge in [-0.3, -0.25) is 14.4 Å². The van der Waals surface area contributed by atoms with Crippen LogP contribution >= 0.6 is 0 Å². The number of nitrogens with two attached hydrogens (primary N) is 1. The Hall–Kier alpha value is -2.21. The van der Waals surface area contributed by atoms with E-state index in [2.05, 4.69) is 5.32 Å². The summed E-state index contributed by atoms with van der Waals surface area (Å²) < 4.78 is 0. The SMILES string of the molecule is CC(=O)Nc1ccc(C(=O)C(N)CC(=O)O)cc1. The fourth-order valence-electron chi connectivity index (χ4n) is 1.42. The second kappa shape index (κ2) is 5.92. The van der Waals surface area contributed by atoms with Gasteiger partial charge in [-0.25, -0.2) is 0 Å². The molecule has 0 aliphatic heterocycles. The molecule has 18 heavy (non-hydrogen) atoms. The molecule has 0 aliphatic rings. The summed E-state index contributed by atoms with van der Waals surface area (Å²) in [6, 6.07) is 5.05. The molecule has 0 aliphatic carbocycles. The van der Waals surface area contributed by atoms with E-state index in [1.807, 2.05) is 0 Å². The molecule has 1 atom stereocenters. The molecule has 0 bridgehead atoms. The van der Waals surface area contributed by atoms with Gasteiger partial charge in [-0.1, -0.05) is 0 Å². The molecule has 0 saturated carbocycles. The van der Waals surface area contributed by atoms with Gasteiger partial charge in [0.2, 0.25) is 5.91 Å². The number of anilines is 1. The van der Waals surface area contributed by atoms with Crippen molar-refractivity contribution in [1.82, 2.24) is 0 Å². The first kappa shape index (κ1) is 13.9. The third-order valence-electron chi connectivity index (χ3n) is 2.22. The van der Waals surface area contributed by atoms with Crippen molar-refractivity contribution in [2.24, 2.45) is 5.73 Å². The Morgan fingerprint density at radius 3 is 2.28 bits per heavy atom. The lowest BCUT2D eigenvalue weighted by Gasteiger charge is -2.08. The number of hydrogen-bond acceptors (Lipinski definition) is 4. The van der Waals surface area contributed by atoms with Crippen LogP contribution in [-0.2, 0) is 9.59 Å². The van der Waals surface area contributed by atoms with Crippen LogP contribution in [0.2, 0.25) is 0 Å². The van der Waals surface area contributed by atoms with Crippen LogP contribution in [0.4, 0.5) is 5.69 Å². The lowest BCUT2D eigenvalue weighted by molar-refractivity contribution is -0.137. The van der Waals surface area contributed by atoms with E-state index in [-0.39, 0.29) is 5.91 Å². The summed E-state index contributed by atoms with van der Waals surface area (Å²) in [6.07, 6.45) is -0.410. The van der Waals surface area contributed by atoms with Crippen molar-refractivity contribution in [3.05, 3.63) is 29.8 Å². The highest BCUT2D eigenvalue weighted by atomic mass is 16.4. The highest BCUT2D eigenvalue weighted by Gasteiger charge is 2.18. The average Bonchev–Trinajstić information content (AvgIpc) is 2.27. The number of aliphatic carboxylic acids is 1. The number of carboxylic acid groups (broad SMARTS) is 1. The van der Waals surface area contributed by atoms with E-state index in [1.165, 1.54) is 19.1 Å². The van der Waals surface area contributed by atoms with Crippen molar-refractivity contribution in [1.29, 1.82) is 0 Å². The molecule has 1 unspecified atom stereocenters. The minimum Gasteiger partial charge on any atom is -0.481 e. The summed E-state index contributed by atoms with van der Waals surface area (Å²) in [5.41, 5.74) is 6.35. The van der Waals surface area contributed by atoms with Gasteiger partial charge in [0, 0.05) is 18.2 Å². The predicted octanol–water partition coefficient (Wildman–Crippen LogP) is 0.630. The minimum absolute atomic E-state index is 0.211. The van der Waals surface area contributed by atoms with Crippen LogP contribution in [0.25, 0.3) is 0 Å². The first-order valence-corrected chi connectivity index (χ1v) is 5.29. The maximum Gasteiger partial charge on any atom is 0.305 e. The second-order valence-corrected chi connectivity index (χ2v) is 3.83. The van der Waals surface area contributed by atoms with E-state index >= 15 is 0 Å². The zero-order chi connectivity index (χ0) is 13.7. The Balaban J connectivity index is 2.75. The fourth-order valence-corrected chi connectivity index (χ4v) is 1.42. The number of carbonyl (C=O) groups excluding carboxylic acids is 2. The summed E-state index contributed by atoms with van der Waals surface area (Å²) in [7, 11) is 0. The van der Waals surface area contributed by atoms with E-state index in [1.54, 1.807) is 12.1 Å². The predicted molar refractivity (Wildman–Crippen MR) is 65.3 cm³/mol. The first-order chi connectivity index (χ1) is 8.40. The van der Waals surface area contributed by atoms with E-state index < -0.39 is 24.2 Å². The van der Waals surface area contributed by atoms with Crippen molar-refractivity contribution in [3.8, 4) is 0 Å². The van der Waals surface area contributed by atoms with Crippen molar-refractivity contribution in [2.75, 3.05) is 5.32 Å². The lowest BCUT2D eigenvalue weighted by atomic mass is 10.0. The summed E-state index contributed by atoms with van der Waals surface area (Å²) in [6.45, 7) is 1.38. The fraction of sp³-hybridized carbons (Fsp3) is 0.250. The number of amides is 1. The van der Waals surface area contributed by atoms with Crippen LogP contribution in [-0.4, -0.2) is 28.8 Å². The van der Waals surface area contributed by atoms with Gasteiger partial charge in [0.1, 0.15) is 0 Å². The Bertz CT molecular complexity index is 467. The van der Waals surface area contributed by atoms with Crippen LogP contribution in [0.3, 0.4) is 0 Å². The zero-order valence-corrected chi connectivity index (χ0v) is 9.84. The zero-order valence-electron chi connectivity index (χ0n) is 9.84. The molecule has 6 heteroatoms. The van der Waals surface area contributed by atoms with Gasteiger partial charge in [-0.15, -0.1) is 0 Å². The Kier molecular flexibility index (Phi) is 4.56. The van der Waals surface area contributed by atoms with Gasteiger partial charge >= 0.3 is 5.97 Å². The molecule has 0 heterocycles. The van der Waals surface area contributed by atoms with Crippen LogP contribution in [0.5, 0.6) is 0 Å². The number of carboxylic acids is 1. The summed E-state index contributed by atoms with van der Waals surface area (Å²) in [4.78, 5) is 33.0. The Morgan fingerprint density at radius 1 is 1.28 bits per heavy atom. The van der Waals surface area contributed by atoms with E-state index in [4.69, 9.17) is 10.8 Å². The summed E-state index contributed by atoms with van der Waals surface area (Å²) in [5, 5.41) is 11.1. The molecular formula is C12H14N2O4. The Morgan fingerprint density at radius 2 is 1.83 bits per heavy atom. The summed E-state index contributed by atoms with van der Waals surface area (Å²) in [5.74, 6) is -1.77. The van der Waals surface area contributed by atoms with Crippen molar-refractivity contribution >= 4 is 23.3 Å². The van der Waals surface area contributed by atoms with Gasteiger partial charge in [-0.2, -0.15) is 0 Å². The quantitative estimate of drug-likeness (QED) is 0.664. The highest BCUT2D eigenvalue weighted by molar-refractivity contribution is 6.02. The smallest absolute Gasteiger partial charge is 0.305 e. The molecule has 0 aromatic heterocycles. The highest BCUT2D eigenvalue weighted by Crippen LogP contribution is 2.11. The largest absolute Gasteiger partial charge is 0.481 e. The number of rotatable bonds is 5. The maximum absolute atomic E-state index is 11.7. The molecule has 0 radical (unpaired) electrons.